The zero-order chi connectivity index (χ0) is 23.9. The maximum absolute atomic E-state index is 13.5. The molecule has 0 aliphatic heterocycles. The summed E-state index contributed by atoms with van der Waals surface area (Å²) in [7, 11) is 0. The summed E-state index contributed by atoms with van der Waals surface area (Å²) in [5.41, 5.74) is 11.3. The van der Waals surface area contributed by atoms with Gasteiger partial charge in [0, 0.05) is 33.4 Å². The number of nitrogens with zero attached hydrogens (tertiary/aromatic N) is 2. The Hall–Kier alpha value is -3.93. The van der Waals surface area contributed by atoms with Crippen molar-refractivity contribution < 1.29 is 0 Å². The van der Waals surface area contributed by atoms with Crippen LogP contribution < -0.4 is 11.3 Å². The summed E-state index contributed by atoms with van der Waals surface area (Å²) in [4.78, 5) is 21.6. The number of aromatic amines is 1. The summed E-state index contributed by atoms with van der Waals surface area (Å²) < 4.78 is 2.25. The normalized spacial score (nSPS) is 11.6. The highest BCUT2D eigenvalue weighted by molar-refractivity contribution is 6.30. The molecule has 0 aliphatic rings. The van der Waals surface area contributed by atoms with Gasteiger partial charge in [0.25, 0.3) is 5.56 Å². The second-order valence-corrected chi connectivity index (χ2v) is 9.08. The molecule has 0 spiro atoms. The first kappa shape index (κ1) is 21.6. The van der Waals surface area contributed by atoms with Crippen molar-refractivity contribution in [2.75, 3.05) is 6.54 Å². The smallest absolute Gasteiger partial charge is 0.275 e. The fraction of sp³-hybridized carbons (Fsp3) is 0.103. The summed E-state index contributed by atoms with van der Waals surface area (Å²) in [6.07, 6.45) is 0.810. The molecule has 0 fully saturated rings. The van der Waals surface area contributed by atoms with E-state index < -0.39 is 0 Å². The number of rotatable bonds is 5. The van der Waals surface area contributed by atoms with Crippen LogP contribution in [0.4, 0.5) is 0 Å². The number of hydrogen-bond acceptors (Lipinski definition) is 3. The minimum atomic E-state index is -0.218. The average molecular weight is 479 g/mol. The highest BCUT2D eigenvalue weighted by Gasteiger charge is 2.23. The van der Waals surface area contributed by atoms with Gasteiger partial charge in [-0.25, -0.2) is 4.98 Å². The van der Waals surface area contributed by atoms with E-state index in [9.17, 15) is 4.79 Å². The molecule has 6 aromatic rings. The number of fused-ring (bicyclic) bond motifs is 4. The second kappa shape index (κ2) is 8.69. The van der Waals surface area contributed by atoms with E-state index in [4.69, 9.17) is 22.3 Å². The van der Waals surface area contributed by atoms with E-state index >= 15 is 0 Å². The first-order valence-corrected chi connectivity index (χ1v) is 12.0. The first-order chi connectivity index (χ1) is 17.2. The van der Waals surface area contributed by atoms with E-state index in [-0.39, 0.29) is 5.56 Å². The predicted octanol–water partition coefficient (Wildman–Crippen LogP) is 6.37. The lowest BCUT2D eigenvalue weighted by atomic mass is 10.0. The van der Waals surface area contributed by atoms with Crippen LogP contribution in [0.3, 0.4) is 0 Å². The molecule has 0 atom stereocenters. The van der Waals surface area contributed by atoms with Gasteiger partial charge in [0.1, 0.15) is 5.69 Å². The van der Waals surface area contributed by atoms with Gasteiger partial charge in [-0.15, -0.1) is 0 Å². The molecule has 0 saturated carbocycles. The van der Waals surface area contributed by atoms with E-state index in [0.29, 0.717) is 17.3 Å². The molecular formula is C29H23ClN4O. The zero-order valence-corrected chi connectivity index (χ0v) is 19.7. The second-order valence-electron chi connectivity index (χ2n) is 8.64. The average Bonchev–Trinajstić information content (AvgIpc) is 3.21. The highest BCUT2D eigenvalue weighted by atomic mass is 35.5. The van der Waals surface area contributed by atoms with Crippen molar-refractivity contribution in [2.45, 2.75) is 13.0 Å². The Bertz CT molecular complexity index is 1770. The Balaban J connectivity index is 1.74. The maximum atomic E-state index is 13.5. The lowest BCUT2D eigenvalue weighted by Crippen LogP contribution is -2.12. The van der Waals surface area contributed by atoms with Crippen LogP contribution in [-0.4, -0.2) is 21.1 Å². The molecule has 35 heavy (non-hydrogen) atoms. The molecule has 4 aromatic carbocycles. The van der Waals surface area contributed by atoms with Gasteiger partial charge < -0.3 is 15.3 Å². The van der Waals surface area contributed by atoms with Gasteiger partial charge in [-0.1, -0.05) is 72.3 Å². The molecule has 6 rings (SSSR count). The van der Waals surface area contributed by atoms with E-state index in [1.807, 2.05) is 66.7 Å². The van der Waals surface area contributed by atoms with Crippen LogP contribution in [0.2, 0.25) is 5.02 Å². The van der Waals surface area contributed by atoms with Crippen molar-refractivity contribution >= 4 is 44.3 Å². The first-order valence-electron chi connectivity index (χ1n) is 11.6. The third-order valence-electron chi connectivity index (χ3n) is 6.50. The number of nitrogens with two attached hydrogens (primary N) is 1. The molecule has 0 saturated heterocycles. The Morgan fingerprint density at radius 2 is 1.63 bits per heavy atom. The SMILES string of the molecule is NCCCn1c(-c2ccc(Cl)cc2)c(-c2nc3c(ccc4ccccc43)[nH]c2=O)c2ccccc21. The van der Waals surface area contributed by atoms with Gasteiger partial charge in [0.2, 0.25) is 0 Å². The Morgan fingerprint density at radius 1 is 0.886 bits per heavy atom. The Morgan fingerprint density at radius 3 is 2.43 bits per heavy atom. The van der Waals surface area contributed by atoms with Gasteiger partial charge in [0.15, 0.2) is 0 Å². The van der Waals surface area contributed by atoms with E-state index in [0.717, 1.165) is 62.5 Å². The number of para-hydroxylation sites is 1. The van der Waals surface area contributed by atoms with Crippen LogP contribution in [0, 0.1) is 0 Å². The number of halogens is 1. The quantitative estimate of drug-likeness (QED) is 0.283. The number of aryl methyl sites for hydroxylation is 1. The zero-order valence-electron chi connectivity index (χ0n) is 19.0. The third kappa shape index (κ3) is 3.60. The van der Waals surface area contributed by atoms with Gasteiger partial charge in [-0.2, -0.15) is 0 Å². The largest absolute Gasteiger partial charge is 0.340 e. The molecule has 0 amide bonds. The summed E-state index contributed by atoms with van der Waals surface area (Å²) >= 11 is 6.21. The van der Waals surface area contributed by atoms with Crippen LogP contribution in [0.5, 0.6) is 0 Å². The monoisotopic (exact) mass is 478 g/mol. The lowest BCUT2D eigenvalue weighted by molar-refractivity contribution is 0.676. The van der Waals surface area contributed by atoms with Crippen molar-refractivity contribution in [1.82, 2.24) is 14.5 Å². The van der Waals surface area contributed by atoms with Crippen LogP contribution in [0.15, 0.2) is 89.7 Å². The summed E-state index contributed by atoms with van der Waals surface area (Å²) in [6.45, 7) is 1.30. The van der Waals surface area contributed by atoms with Crippen molar-refractivity contribution in [2.24, 2.45) is 5.73 Å². The van der Waals surface area contributed by atoms with Crippen LogP contribution >= 0.6 is 11.6 Å². The Labute approximate surface area is 206 Å². The fourth-order valence-corrected chi connectivity index (χ4v) is 5.05. The van der Waals surface area contributed by atoms with Gasteiger partial charge in [0.05, 0.1) is 16.7 Å². The minimum Gasteiger partial charge on any atom is -0.340 e. The number of benzene rings is 4. The molecular weight excluding hydrogens is 456 g/mol. The molecule has 5 nitrogen and oxygen atoms in total. The minimum absolute atomic E-state index is 0.218. The number of aromatic nitrogens is 3. The summed E-state index contributed by atoms with van der Waals surface area (Å²) in [5.74, 6) is 0. The lowest BCUT2D eigenvalue weighted by Gasteiger charge is -2.13. The van der Waals surface area contributed by atoms with Crippen LogP contribution in [0.1, 0.15) is 6.42 Å². The van der Waals surface area contributed by atoms with Crippen molar-refractivity contribution in [3.63, 3.8) is 0 Å². The molecule has 0 bridgehead atoms. The molecule has 2 heterocycles. The molecule has 0 radical (unpaired) electrons. The van der Waals surface area contributed by atoms with Gasteiger partial charge in [-0.3, -0.25) is 4.79 Å². The van der Waals surface area contributed by atoms with Crippen molar-refractivity contribution in [3.05, 3.63) is 100 Å². The van der Waals surface area contributed by atoms with E-state index in [2.05, 4.69) is 27.8 Å². The van der Waals surface area contributed by atoms with Crippen LogP contribution in [0.25, 0.3) is 55.2 Å². The summed E-state index contributed by atoms with van der Waals surface area (Å²) in [6, 6.07) is 27.9. The molecule has 0 aliphatic carbocycles. The Kier molecular flexibility index (Phi) is 5.36. The molecule has 2 aromatic heterocycles. The van der Waals surface area contributed by atoms with Crippen LogP contribution in [-0.2, 0) is 6.54 Å². The van der Waals surface area contributed by atoms with Crippen molar-refractivity contribution in [1.29, 1.82) is 0 Å². The van der Waals surface area contributed by atoms with E-state index in [1.54, 1.807) is 0 Å². The number of nitrogens with one attached hydrogen (secondary N) is 1. The van der Waals surface area contributed by atoms with Crippen molar-refractivity contribution in [3.8, 4) is 22.5 Å². The maximum Gasteiger partial charge on any atom is 0.275 e. The highest BCUT2D eigenvalue weighted by Crippen LogP contribution is 2.40. The van der Waals surface area contributed by atoms with Gasteiger partial charge >= 0.3 is 0 Å². The molecule has 3 N–H and O–H groups in total. The topological polar surface area (TPSA) is 76.7 Å². The third-order valence-corrected chi connectivity index (χ3v) is 6.75. The fourth-order valence-electron chi connectivity index (χ4n) is 4.92. The molecule has 172 valence electrons. The summed E-state index contributed by atoms with van der Waals surface area (Å²) in [5, 5.41) is 3.72. The number of H-pyrrole nitrogens is 1. The standard InChI is InChI=1S/C29H23ClN4O/c30-20-13-10-19(11-14-20)28-25(22-8-3-4-9-24(22)34(28)17-5-16-31)27-29(35)32-23-15-12-18-6-1-2-7-21(18)26(23)33-27/h1-4,6-15H,5,16-17,31H2,(H,32,35). The predicted molar refractivity (Wildman–Crippen MR) is 145 cm³/mol. The number of hydrogen-bond donors (Lipinski definition) is 2. The van der Waals surface area contributed by atoms with E-state index in [1.165, 1.54) is 0 Å². The molecule has 0 unspecified atom stereocenters. The van der Waals surface area contributed by atoms with Gasteiger partial charge in [-0.05, 0) is 48.2 Å². The molecule has 6 heteroatoms.